The molecule has 0 aromatic heterocycles. The van der Waals surface area contributed by atoms with E-state index < -0.39 is 5.97 Å². The minimum Gasteiger partial charge on any atom is -0.494 e. The molecule has 1 fully saturated rings. The molecule has 212 valence electrons. The van der Waals surface area contributed by atoms with Crippen LogP contribution < -0.4 is 14.2 Å². The fourth-order valence-corrected chi connectivity index (χ4v) is 4.80. The van der Waals surface area contributed by atoms with E-state index in [4.69, 9.17) is 14.2 Å². The van der Waals surface area contributed by atoms with Gasteiger partial charge in [0.05, 0.1) is 18.1 Å². The van der Waals surface area contributed by atoms with Crippen LogP contribution in [0.1, 0.15) is 102 Å². The lowest BCUT2D eigenvalue weighted by Crippen LogP contribution is -2.25. The molecule has 1 aliphatic carbocycles. The maximum absolute atomic E-state index is 12.6. The van der Waals surface area contributed by atoms with Crippen LogP contribution >= 0.6 is 0 Å². The Morgan fingerprint density at radius 3 is 2.13 bits per heavy atom. The van der Waals surface area contributed by atoms with Gasteiger partial charge in [-0.15, -0.1) is 0 Å². The second-order valence-electron chi connectivity index (χ2n) is 10.8. The number of esters is 2. The summed E-state index contributed by atoms with van der Waals surface area (Å²) in [4.78, 5) is 25.2. The van der Waals surface area contributed by atoms with Gasteiger partial charge in [0.1, 0.15) is 17.2 Å². The van der Waals surface area contributed by atoms with E-state index in [1.165, 1.54) is 25.7 Å². The van der Waals surface area contributed by atoms with E-state index in [2.05, 4.69) is 32.9 Å². The molecule has 0 bridgehead atoms. The van der Waals surface area contributed by atoms with Gasteiger partial charge in [-0.25, -0.2) is 4.79 Å². The van der Waals surface area contributed by atoms with Gasteiger partial charge in [0.15, 0.2) is 0 Å². The summed E-state index contributed by atoms with van der Waals surface area (Å²) in [6, 6.07) is 13.7. The molecule has 2 aromatic rings. The summed E-state index contributed by atoms with van der Waals surface area (Å²) in [6.07, 6.45) is 16.6. The molecule has 0 spiro atoms. The first-order valence-electron chi connectivity index (χ1n) is 14.9. The van der Waals surface area contributed by atoms with E-state index in [9.17, 15) is 9.59 Å². The Morgan fingerprint density at radius 2 is 1.49 bits per heavy atom. The Hall–Kier alpha value is -3.08. The molecule has 39 heavy (non-hydrogen) atoms. The minimum atomic E-state index is -0.443. The predicted octanol–water partition coefficient (Wildman–Crippen LogP) is 8.96. The molecular formula is C34H46O5. The highest BCUT2D eigenvalue weighted by atomic mass is 16.5. The highest BCUT2D eigenvalue weighted by Crippen LogP contribution is 2.31. The zero-order valence-electron chi connectivity index (χ0n) is 24.0. The molecule has 1 atom stereocenters. The summed E-state index contributed by atoms with van der Waals surface area (Å²) in [5.41, 5.74) is 0.451. The van der Waals surface area contributed by atoms with Gasteiger partial charge in [0, 0.05) is 0 Å². The first kappa shape index (κ1) is 30.5. The van der Waals surface area contributed by atoms with Crippen LogP contribution in [0.4, 0.5) is 0 Å². The number of carbonyl (C=O) groups excluding carboxylic acids is 2. The van der Waals surface area contributed by atoms with E-state index >= 15 is 0 Å². The van der Waals surface area contributed by atoms with Crippen LogP contribution in [0, 0.1) is 17.8 Å². The molecular weight excluding hydrogens is 488 g/mol. The van der Waals surface area contributed by atoms with E-state index in [-0.39, 0.29) is 11.9 Å². The number of hydrogen-bond donors (Lipinski definition) is 0. The van der Waals surface area contributed by atoms with Crippen molar-refractivity contribution >= 4 is 11.9 Å². The molecule has 0 saturated heterocycles. The lowest BCUT2D eigenvalue weighted by molar-refractivity contribution is -0.140. The highest BCUT2D eigenvalue weighted by molar-refractivity contribution is 5.91. The fourth-order valence-electron chi connectivity index (χ4n) is 4.80. The normalized spacial score (nSPS) is 18.0. The molecule has 1 saturated carbocycles. The predicted molar refractivity (Wildman–Crippen MR) is 156 cm³/mol. The number of unbranched alkanes of at least 4 members (excludes halogenated alkanes) is 3. The first-order chi connectivity index (χ1) is 19.0. The number of benzene rings is 2. The first-order valence-corrected chi connectivity index (χ1v) is 14.9. The van der Waals surface area contributed by atoms with Crippen LogP contribution in [0.3, 0.4) is 0 Å². The quantitative estimate of drug-likeness (QED) is 0.0987. The Labute approximate surface area is 234 Å². The molecule has 2 aromatic carbocycles. The third-order valence-electron chi connectivity index (χ3n) is 7.62. The van der Waals surface area contributed by atoms with E-state index in [0.717, 1.165) is 56.6 Å². The van der Waals surface area contributed by atoms with Gasteiger partial charge in [0.2, 0.25) is 0 Å². The van der Waals surface area contributed by atoms with Gasteiger partial charge in [-0.1, -0.05) is 65.0 Å². The van der Waals surface area contributed by atoms with Crippen molar-refractivity contribution in [3.8, 4) is 17.2 Å². The third kappa shape index (κ3) is 10.9. The van der Waals surface area contributed by atoms with Crippen molar-refractivity contribution in [1.82, 2.24) is 0 Å². The Kier molecular flexibility index (Phi) is 13.1. The fraction of sp³-hybridized carbons (Fsp3) is 0.529. The molecule has 5 nitrogen and oxygen atoms in total. The molecule has 0 amide bonds. The lowest BCUT2D eigenvalue weighted by Gasteiger charge is -2.25. The summed E-state index contributed by atoms with van der Waals surface area (Å²) < 4.78 is 16.9. The van der Waals surface area contributed by atoms with E-state index in [0.29, 0.717) is 29.6 Å². The SMILES string of the molecule is CCCC=C[C@H]1CC[C@H](C(=O)Oc2ccc(OC(=O)c3ccc(OCCCCC[C@@H](C)CC)cc3)cc2)CC1. The Balaban J connectivity index is 1.37. The van der Waals surface area contributed by atoms with Gasteiger partial charge < -0.3 is 14.2 Å². The molecule has 5 heteroatoms. The largest absolute Gasteiger partial charge is 0.494 e. The van der Waals surface area contributed by atoms with Crippen molar-refractivity contribution < 1.29 is 23.8 Å². The molecule has 0 N–H and O–H groups in total. The van der Waals surface area contributed by atoms with Crippen molar-refractivity contribution in [2.75, 3.05) is 6.61 Å². The van der Waals surface area contributed by atoms with Crippen LogP contribution in [0.5, 0.6) is 17.2 Å². The average Bonchev–Trinajstić information content (AvgIpc) is 2.96. The third-order valence-corrected chi connectivity index (χ3v) is 7.62. The maximum Gasteiger partial charge on any atom is 0.343 e. The van der Waals surface area contributed by atoms with Crippen LogP contribution in [0.2, 0.25) is 0 Å². The topological polar surface area (TPSA) is 61.8 Å². The smallest absolute Gasteiger partial charge is 0.343 e. The van der Waals surface area contributed by atoms with Crippen molar-refractivity contribution in [3.63, 3.8) is 0 Å². The van der Waals surface area contributed by atoms with E-state index in [1.54, 1.807) is 48.5 Å². The summed E-state index contributed by atoms with van der Waals surface area (Å²) in [6.45, 7) is 7.40. The molecule has 1 aliphatic rings. The standard InChI is InChI=1S/C34H46O5/c1-4-6-8-12-27-13-15-28(16-14-27)33(35)38-31-21-23-32(24-22-31)39-34(36)29-17-19-30(20-18-29)37-25-10-7-9-11-26(3)5-2/h8,12,17-24,26-28H,4-7,9-11,13-16,25H2,1-3H3/t26-,27-,28-/m0/s1. The van der Waals surface area contributed by atoms with Crippen molar-refractivity contribution in [2.24, 2.45) is 17.8 Å². The number of allylic oxidation sites excluding steroid dienone is 2. The van der Waals surface area contributed by atoms with Crippen molar-refractivity contribution in [2.45, 2.75) is 91.4 Å². The Morgan fingerprint density at radius 1 is 0.846 bits per heavy atom. The molecule has 0 heterocycles. The summed E-state index contributed by atoms with van der Waals surface area (Å²) in [7, 11) is 0. The number of carbonyl (C=O) groups is 2. The van der Waals surface area contributed by atoms with Crippen LogP contribution in [-0.2, 0) is 4.79 Å². The molecule has 3 rings (SSSR count). The minimum absolute atomic E-state index is 0.0557. The van der Waals surface area contributed by atoms with Crippen molar-refractivity contribution in [3.05, 3.63) is 66.2 Å². The van der Waals surface area contributed by atoms with Crippen molar-refractivity contribution in [1.29, 1.82) is 0 Å². The number of hydrogen-bond acceptors (Lipinski definition) is 5. The highest BCUT2D eigenvalue weighted by Gasteiger charge is 2.26. The Bertz CT molecular complexity index is 1020. The molecule has 0 radical (unpaired) electrons. The molecule has 0 unspecified atom stereocenters. The van der Waals surface area contributed by atoms with Gasteiger partial charge in [-0.05, 0) is 98.9 Å². The lowest BCUT2D eigenvalue weighted by atomic mass is 9.82. The zero-order valence-corrected chi connectivity index (χ0v) is 24.0. The monoisotopic (exact) mass is 534 g/mol. The van der Waals surface area contributed by atoms with Crippen LogP contribution in [0.25, 0.3) is 0 Å². The zero-order chi connectivity index (χ0) is 27.9. The van der Waals surface area contributed by atoms with Gasteiger partial charge in [-0.2, -0.15) is 0 Å². The summed E-state index contributed by atoms with van der Waals surface area (Å²) in [5, 5.41) is 0. The van der Waals surface area contributed by atoms with Gasteiger partial charge >= 0.3 is 11.9 Å². The van der Waals surface area contributed by atoms with Crippen LogP contribution in [-0.4, -0.2) is 18.5 Å². The second kappa shape index (κ2) is 16.8. The van der Waals surface area contributed by atoms with Gasteiger partial charge in [-0.3, -0.25) is 4.79 Å². The van der Waals surface area contributed by atoms with Gasteiger partial charge in [0.25, 0.3) is 0 Å². The maximum atomic E-state index is 12.6. The second-order valence-corrected chi connectivity index (χ2v) is 10.8. The number of rotatable bonds is 15. The summed E-state index contributed by atoms with van der Waals surface area (Å²) in [5.74, 6) is 2.31. The number of ether oxygens (including phenoxy) is 3. The molecule has 0 aliphatic heterocycles. The average molecular weight is 535 g/mol. The van der Waals surface area contributed by atoms with E-state index in [1.807, 2.05) is 0 Å². The van der Waals surface area contributed by atoms with Crippen LogP contribution in [0.15, 0.2) is 60.7 Å². The summed E-state index contributed by atoms with van der Waals surface area (Å²) >= 11 is 0.